The Labute approximate surface area is 161 Å². The van der Waals surface area contributed by atoms with Crippen LogP contribution in [0.5, 0.6) is 5.75 Å². The third-order valence-corrected chi connectivity index (χ3v) is 5.80. The maximum atomic E-state index is 13.1. The number of para-hydroxylation sites is 3. The van der Waals surface area contributed by atoms with E-state index in [0.717, 1.165) is 56.3 Å². The number of fused-ring (bicyclic) bond motifs is 1. The number of nitrogens with zero attached hydrogens (tertiary/aromatic N) is 3. The Kier molecular flexibility index (Phi) is 5.03. The molecule has 1 fully saturated rings. The number of amides is 1. The molecule has 27 heavy (non-hydrogen) atoms. The first-order chi connectivity index (χ1) is 13.2. The second-order valence-electron chi connectivity index (χ2n) is 7.24. The lowest BCUT2D eigenvalue weighted by Crippen LogP contribution is -2.54. The van der Waals surface area contributed by atoms with Gasteiger partial charge in [-0.1, -0.05) is 30.3 Å². The zero-order chi connectivity index (χ0) is 18.8. The molecule has 2 aliphatic rings. The zero-order valence-corrected chi connectivity index (χ0v) is 16.1. The molecule has 2 aliphatic heterocycles. The number of carbonyl (C=O) groups excluding carboxylic acids is 1. The van der Waals surface area contributed by atoms with Crippen LogP contribution in [0.4, 0.5) is 11.4 Å². The molecule has 0 aromatic heterocycles. The van der Waals surface area contributed by atoms with Gasteiger partial charge in [0.25, 0.3) is 0 Å². The molecule has 0 spiro atoms. The molecule has 2 aromatic carbocycles. The van der Waals surface area contributed by atoms with Gasteiger partial charge in [-0.15, -0.1) is 0 Å². The molecule has 142 valence electrons. The van der Waals surface area contributed by atoms with Gasteiger partial charge in [0.15, 0.2) is 0 Å². The van der Waals surface area contributed by atoms with Gasteiger partial charge in [-0.25, -0.2) is 0 Å². The summed E-state index contributed by atoms with van der Waals surface area (Å²) in [6.07, 6.45) is 0.955. The summed E-state index contributed by atoms with van der Waals surface area (Å²) in [5, 5.41) is 0. The molecule has 1 atom stereocenters. The van der Waals surface area contributed by atoms with Crippen LogP contribution in [0.1, 0.15) is 12.5 Å². The van der Waals surface area contributed by atoms with Crippen LogP contribution in [0, 0.1) is 0 Å². The quantitative estimate of drug-likeness (QED) is 0.835. The molecular formula is C22H27N3O2. The number of benzene rings is 2. The van der Waals surface area contributed by atoms with Crippen molar-refractivity contribution < 1.29 is 9.53 Å². The van der Waals surface area contributed by atoms with Crippen LogP contribution in [-0.4, -0.2) is 56.7 Å². The third-order valence-electron chi connectivity index (χ3n) is 5.80. The average Bonchev–Trinajstić information content (AvgIpc) is 3.17. The first-order valence-corrected chi connectivity index (χ1v) is 9.70. The number of carbonyl (C=O) groups is 1. The van der Waals surface area contributed by atoms with Crippen molar-refractivity contribution >= 4 is 17.3 Å². The van der Waals surface area contributed by atoms with Crippen molar-refractivity contribution in [1.82, 2.24) is 4.90 Å². The summed E-state index contributed by atoms with van der Waals surface area (Å²) in [5.41, 5.74) is 3.49. The van der Waals surface area contributed by atoms with Crippen LogP contribution in [0.25, 0.3) is 0 Å². The molecule has 0 N–H and O–H groups in total. The number of hydrogen-bond acceptors (Lipinski definition) is 4. The van der Waals surface area contributed by atoms with E-state index in [1.807, 2.05) is 42.2 Å². The first-order valence-electron chi connectivity index (χ1n) is 9.70. The fourth-order valence-corrected chi connectivity index (χ4v) is 4.19. The highest BCUT2D eigenvalue weighted by Crippen LogP contribution is 2.30. The van der Waals surface area contributed by atoms with Crippen LogP contribution < -0.4 is 14.5 Å². The van der Waals surface area contributed by atoms with E-state index in [9.17, 15) is 4.79 Å². The zero-order valence-electron chi connectivity index (χ0n) is 16.1. The molecule has 0 bridgehead atoms. The Bertz CT molecular complexity index is 815. The van der Waals surface area contributed by atoms with Crippen molar-refractivity contribution in [2.45, 2.75) is 19.4 Å². The number of rotatable bonds is 4. The van der Waals surface area contributed by atoms with Gasteiger partial charge in [0, 0.05) is 38.4 Å². The third kappa shape index (κ3) is 3.39. The van der Waals surface area contributed by atoms with Crippen LogP contribution >= 0.6 is 0 Å². The summed E-state index contributed by atoms with van der Waals surface area (Å²) < 4.78 is 5.50. The second-order valence-corrected chi connectivity index (χ2v) is 7.24. The fraction of sp³-hybridized carbons (Fsp3) is 0.409. The normalized spacial score (nSPS) is 18.3. The summed E-state index contributed by atoms with van der Waals surface area (Å²) in [5.74, 6) is 1.12. The molecule has 0 aliphatic carbocycles. The van der Waals surface area contributed by atoms with Crippen molar-refractivity contribution in [2.24, 2.45) is 0 Å². The highest BCUT2D eigenvalue weighted by molar-refractivity contribution is 5.98. The number of methoxy groups -OCH3 is 1. The van der Waals surface area contributed by atoms with E-state index in [4.69, 9.17) is 4.74 Å². The molecule has 0 radical (unpaired) electrons. The number of anilines is 2. The SMILES string of the molecule is COc1ccccc1N1CCN([C@H](C)C(=O)N2CCc3ccccc32)CC1. The highest BCUT2D eigenvalue weighted by Gasteiger charge is 2.32. The van der Waals surface area contributed by atoms with Gasteiger partial charge in [-0.05, 0) is 37.1 Å². The molecule has 0 unspecified atom stereocenters. The number of piperazine rings is 1. The minimum Gasteiger partial charge on any atom is -0.495 e. The van der Waals surface area contributed by atoms with E-state index in [1.165, 1.54) is 5.56 Å². The summed E-state index contributed by atoms with van der Waals surface area (Å²) in [7, 11) is 1.71. The van der Waals surface area contributed by atoms with Crippen molar-refractivity contribution in [3.05, 3.63) is 54.1 Å². The number of hydrogen-bond donors (Lipinski definition) is 0. The van der Waals surface area contributed by atoms with Crippen molar-refractivity contribution in [3.63, 3.8) is 0 Å². The predicted octanol–water partition coefficient (Wildman–Crippen LogP) is 2.80. The van der Waals surface area contributed by atoms with Gasteiger partial charge < -0.3 is 14.5 Å². The van der Waals surface area contributed by atoms with Crippen LogP contribution in [0.3, 0.4) is 0 Å². The second kappa shape index (κ2) is 7.61. The van der Waals surface area contributed by atoms with E-state index in [0.29, 0.717) is 0 Å². The molecule has 2 heterocycles. The molecule has 1 amide bonds. The Morgan fingerprint density at radius 3 is 2.33 bits per heavy atom. The maximum Gasteiger partial charge on any atom is 0.244 e. The Hall–Kier alpha value is -2.53. The Balaban J connectivity index is 1.40. The minimum absolute atomic E-state index is 0.101. The topological polar surface area (TPSA) is 36.0 Å². The van der Waals surface area contributed by atoms with Crippen LogP contribution in [-0.2, 0) is 11.2 Å². The van der Waals surface area contributed by atoms with Crippen molar-refractivity contribution in [1.29, 1.82) is 0 Å². The summed E-state index contributed by atoms with van der Waals surface area (Å²) in [4.78, 5) is 19.7. The largest absolute Gasteiger partial charge is 0.495 e. The lowest BCUT2D eigenvalue weighted by Gasteiger charge is -2.39. The van der Waals surface area contributed by atoms with E-state index in [2.05, 4.69) is 28.0 Å². The first kappa shape index (κ1) is 17.9. The van der Waals surface area contributed by atoms with Crippen LogP contribution in [0.15, 0.2) is 48.5 Å². The highest BCUT2D eigenvalue weighted by atomic mass is 16.5. The van der Waals surface area contributed by atoms with Gasteiger partial charge in [-0.3, -0.25) is 9.69 Å². The lowest BCUT2D eigenvalue weighted by molar-refractivity contribution is -0.123. The molecule has 0 saturated carbocycles. The van der Waals surface area contributed by atoms with E-state index >= 15 is 0 Å². The van der Waals surface area contributed by atoms with Gasteiger partial charge in [-0.2, -0.15) is 0 Å². The Morgan fingerprint density at radius 2 is 1.59 bits per heavy atom. The van der Waals surface area contributed by atoms with Gasteiger partial charge in [0.2, 0.25) is 5.91 Å². The van der Waals surface area contributed by atoms with E-state index in [-0.39, 0.29) is 11.9 Å². The van der Waals surface area contributed by atoms with E-state index in [1.54, 1.807) is 7.11 Å². The molecule has 2 aromatic rings. The van der Waals surface area contributed by atoms with Crippen LogP contribution in [0.2, 0.25) is 0 Å². The summed E-state index contributed by atoms with van der Waals surface area (Å²) >= 11 is 0. The lowest BCUT2D eigenvalue weighted by atomic mass is 10.1. The molecular weight excluding hydrogens is 338 g/mol. The van der Waals surface area contributed by atoms with Gasteiger partial charge in [0.1, 0.15) is 5.75 Å². The standard InChI is InChI=1S/C22H27N3O2/c1-17(22(26)25-12-11-18-7-3-4-8-19(18)25)23-13-15-24(16-14-23)20-9-5-6-10-21(20)27-2/h3-10,17H,11-16H2,1-2H3/t17-/m1/s1. The van der Waals surface area contributed by atoms with Crippen molar-refractivity contribution in [3.8, 4) is 5.75 Å². The fourth-order valence-electron chi connectivity index (χ4n) is 4.19. The molecule has 4 rings (SSSR count). The smallest absolute Gasteiger partial charge is 0.244 e. The summed E-state index contributed by atoms with van der Waals surface area (Å²) in [6.45, 7) is 6.38. The monoisotopic (exact) mass is 365 g/mol. The molecule has 5 nitrogen and oxygen atoms in total. The summed E-state index contributed by atoms with van der Waals surface area (Å²) in [6, 6.07) is 16.3. The number of ether oxygens (including phenoxy) is 1. The Morgan fingerprint density at radius 1 is 0.926 bits per heavy atom. The van der Waals surface area contributed by atoms with Gasteiger partial charge >= 0.3 is 0 Å². The predicted molar refractivity (Wildman–Crippen MR) is 109 cm³/mol. The minimum atomic E-state index is -0.101. The average molecular weight is 365 g/mol. The van der Waals surface area contributed by atoms with E-state index < -0.39 is 0 Å². The van der Waals surface area contributed by atoms with Crippen molar-refractivity contribution in [2.75, 3.05) is 49.6 Å². The van der Waals surface area contributed by atoms with Gasteiger partial charge in [0.05, 0.1) is 18.8 Å². The maximum absolute atomic E-state index is 13.1. The molecule has 1 saturated heterocycles. The molecule has 5 heteroatoms.